The van der Waals surface area contributed by atoms with Crippen molar-refractivity contribution in [3.8, 4) is 0 Å². The van der Waals surface area contributed by atoms with Gasteiger partial charge in [0, 0.05) is 45.7 Å². The van der Waals surface area contributed by atoms with Gasteiger partial charge in [0.05, 0.1) is 10.7 Å². The molecule has 0 saturated heterocycles. The van der Waals surface area contributed by atoms with E-state index >= 15 is 0 Å². The number of para-hydroxylation sites is 1. The van der Waals surface area contributed by atoms with E-state index in [1.807, 2.05) is 24.3 Å². The van der Waals surface area contributed by atoms with Crippen LogP contribution in [0.4, 0.5) is 11.4 Å². The van der Waals surface area contributed by atoms with Crippen molar-refractivity contribution in [2.24, 2.45) is 4.99 Å². The standard InChI is InChI=1S/C26H22BrClN2O/c1-26(2)20-9-5-7-11-23(20)30(3)24(26)14-15-29-22-13-12-17(27)16-19(22)25(31)18-8-4-6-10-21(18)28/h4-16H,1-3H3. The van der Waals surface area contributed by atoms with Gasteiger partial charge in [-0.25, -0.2) is 0 Å². The number of likely N-dealkylation sites (N-methyl/N-ethyl adjacent to an activating group) is 1. The van der Waals surface area contributed by atoms with E-state index in [-0.39, 0.29) is 11.2 Å². The molecule has 0 saturated carbocycles. The number of hydrogen-bond acceptors (Lipinski definition) is 3. The summed E-state index contributed by atoms with van der Waals surface area (Å²) in [7, 11) is 2.07. The third-order valence-corrected chi connectivity index (χ3v) is 6.53. The van der Waals surface area contributed by atoms with Gasteiger partial charge >= 0.3 is 0 Å². The fourth-order valence-electron chi connectivity index (χ4n) is 4.08. The second kappa shape index (κ2) is 8.45. The van der Waals surface area contributed by atoms with Gasteiger partial charge < -0.3 is 4.90 Å². The van der Waals surface area contributed by atoms with E-state index in [2.05, 4.69) is 71.0 Å². The summed E-state index contributed by atoms with van der Waals surface area (Å²) in [6.45, 7) is 4.42. The van der Waals surface area contributed by atoms with Gasteiger partial charge in [-0.15, -0.1) is 0 Å². The largest absolute Gasteiger partial charge is 0.347 e. The highest BCUT2D eigenvalue weighted by atomic mass is 79.9. The van der Waals surface area contributed by atoms with Gasteiger partial charge in [-0.3, -0.25) is 9.79 Å². The Bertz CT molecular complexity index is 1230. The number of allylic oxidation sites excluding steroid dienone is 2. The number of halogens is 2. The fourth-order valence-corrected chi connectivity index (χ4v) is 4.67. The molecule has 0 N–H and O–H groups in total. The molecule has 0 bridgehead atoms. The Morgan fingerprint density at radius 1 is 1.03 bits per heavy atom. The van der Waals surface area contributed by atoms with Gasteiger partial charge in [-0.1, -0.05) is 71.7 Å². The molecular formula is C26H22BrClN2O. The topological polar surface area (TPSA) is 32.7 Å². The van der Waals surface area contributed by atoms with E-state index < -0.39 is 0 Å². The van der Waals surface area contributed by atoms with E-state index in [9.17, 15) is 4.79 Å². The number of nitrogens with zero attached hydrogens (tertiary/aromatic N) is 2. The maximum Gasteiger partial charge on any atom is 0.196 e. The SMILES string of the molecule is CN1C(=CC=Nc2ccc(Br)cc2C(=O)c2ccccc2Cl)C(C)(C)c2ccccc21. The van der Waals surface area contributed by atoms with Crippen molar-refractivity contribution >= 4 is 50.9 Å². The van der Waals surface area contributed by atoms with Crippen LogP contribution in [0.5, 0.6) is 0 Å². The number of rotatable bonds is 4. The van der Waals surface area contributed by atoms with E-state index in [0.29, 0.717) is 21.8 Å². The molecule has 31 heavy (non-hydrogen) atoms. The Labute approximate surface area is 196 Å². The lowest BCUT2D eigenvalue weighted by Gasteiger charge is -2.23. The van der Waals surface area contributed by atoms with E-state index in [1.165, 1.54) is 11.3 Å². The van der Waals surface area contributed by atoms with Gasteiger partial charge in [-0.2, -0.15) is 0 Å². The van der Waals surface area contributed by atoms with Crippen LogP contribution in [0, 0.1) is 0 Å². The lowest BCUT2D eigenvalue weighted by molar-refractivity contribution is 0.103. The molecule has 0 radical (unpaired) electrons. The minimum atomic E-state index is -0.155. The summed E-state index contributed by atoms with van der Waals surface area (Å²) in [6, 6.07) is 21.0. The molecule has 0 amide bonds. The Kier molecular flexibility index (Phi) is 5.87. The molecule has 1 heterocycles. The minimum absolute atomic E-state index is 0.132. The summed E-state index contributed by atoms with van der Waals surface area (Å²) in [5, 5.41) is 0.427. The predicted octanol–water partition coefficient (Wildman–Crippen LogP) is 7.35. The fraction of sp³-hybridized carbons (Fsp3) is 0.154. The molecule has 0 aromatic heterocycles. The van der Waals surface area contributed by atoms with Crippen LogP contribution in [-0.2, 0) is 5.41 Å². The molecule has 0 aliphatic carbocycles. The second-order valence-corrected chi connectivity index (χ2v) is 9.32. The van der Waals surface area contributed by atoms with Crippen LogP contribution in [0.15, 0.2) is 88.0 Å². The number of hydrogen-bond donors (Lipinski definition) is 0. The van der Waals surface area contributed by atoms with Crippen LogP contribution in [-0.4, -0.2) is 19.0 Å². The molecular weight excluding hydrogens is 472 g/mol. The van der Waals surface area contributed by atoms with Crippen molar-refractivity contribution < 1.29 is 4.79 Å². The number of ketones is 1. The maximum absolute atomic E-state index is 13.2. The number of benzene rings is 3. The summed E-state index contributed by atoms with van der Waals surface area (Å²) in [4.78, 5) is 20.0. The molecule has 3 nitrogen and oxygen atoms in total. The summed E-state index contributed by atoms with van der Waals surface area (Å²) in [5.41, 5.74) is 5.06. The van der Waals surface area contributed by atoms with Crippen molar-refractivity contribution in [2.75, 3.05) is 11.9 Å². The smallest absolute Gasteiger partial charge is 0.196 e. The number of aliphatic imine (C=N–C) groups is 1. The summed E-state index contributed by atoms with van der Waals surface area (Å²) >= 11 is 9.72. The van der Waals surface area contributed by atoms with Crippen molar-refractivity contribution in [2.45, 2.75) is 19.3 Å². The second-order valence-electron chi connectivity index (χ2n) is 8.00. The van der Waals surface area contributed by atoms with Crippen LogP contribution in [0.2, 0.25) is 5.02 Å². The Balaban J connectivity index is 1.70. The number of anilines is 1. The Morgan fingerprint density at radius 2 is 1.74 bits per heavy atom. The summed E-state index contributed by atoms with van der Waals surface area (Å²) < 4.78 is 0.812. The highest BCUT2D eigenvalue weighted by Crippen LogP contribution is 2.46. The van der Waals surface area contributed by atoms with Crippen LogP contribution < -0.4 is 4.90 Å². The number of fused-ring (bicyclic) bond motifs is 1. The van der Waals surface area contributed by atoms with Crippen molar-refractivity contribution in [3.63, 3.8) is 0 Å². The zero-order valence-electron chi connectivity index (χ0n) is 17.6. The van der Waals surface area contributed by atoms with E-state index in [0.717, 1.165) is 10.2 Å². The molecule has 3 aromatic carbocycles. The third-order valence-electron chi connectivity index (χ3n) is 5.71. The highest BCUT2D eigenvalue weighted by molar-refractivity contribution is 9.10. The molecule has 0 unspecified atom stereocenters. The minimum Gasteiger partial charge on any atom is -0.347 e. The molecule has 3 aromatic rings. The van der Waals surface area contributed by atoms with E-state index in [4.69, 9.17) is 11.6 Å². The van der Waals surface area contributed by atoms with Crippen molar-refractivity contribution in [1.29, 1.82) is 0 Å². The molecule has 0 spiro atoms. The van der Waals surface area contributed by atoms with Crippen LogP contribution in [0.1, 0.15) is 35.3 Å². The van der Waals surface area contributed by atoms with E-state index in [1.54, 1.807) is 30.5 Å². The first-order valence-electron chi connectivity index (χ1n) is 9.97. The first kappa shape index (κ1) is 21.5. The molecule has 0 fully saturated rings. The van der Waals surface area contributed by atoms with Crippen LogP contribution in [0.25, 0.3) is 0 Å². The first-order valence-corrected chi connectivity index (χ1v) is 11.1. The summed E-state index contributed by atoms with van der Waals surface area (Å²) in [6.07, 6.45) is 3.79. The normalized spacial score (nSPS) is 16.2. The third kappa shape index (κ3) is 3.98. The van der Waals surface area contributed by atoms with Gasteiger partial charge in [-0.05, 0) is 48.0 Å². The average molecular weight is 494 g/mol. The monoisotopic (exact) mass is 492 g/mol. The van der Waals surface area contributed by atoms with Crippen molar-refractivity contribution in [1.82, 2.24) is 0 Å². The molecule has 5 heteroatoms. The van der Waals surface area contributed by atoms with Crippen LogP contribution >= 0.6 is 27.5 Å². The lowest BCUT2D eigenvalue weighted by Crippen LogP contribution is -2.23. The molecule has 1 aliphatic heterocycles. The molecule has 4 rings (SSSR count). The maximum atomic E-state index is 13.2. The highest BCUT2D eigenvalue weighted by Gasteiger charge is 2.37. The number of carbonyl (C=O) groups is 1. The number of carbonyl (C=O) groups excluding carboxylic acids is 1. The predicted molar refractivity (Wildman–Crippen MR) is 133 cm³/mol. The van der Waals surface area contributed by atoms with Gasteiger partial charge in [0.25, 0.3) is 0 Å². The average Bonchev–Trinajstić information content (AvgIpc) is 2.95. The quantitative estimate of drug-likeness (QED) is 0.281. The lowest BCUT2D eigenvalue weighted by atomic mass is 9.84. The van der Waals surface area contributed by atoms with Gasteiger partial charge in [0.1, 0.15) is 0 Å². The zero-order chi connectivity index (χ0) is 22.2. The van der Waals surface area contributed by atoms with Gasteiger partial charge in [0.15, 0.2) is 5.78 Å². The Hall–Kier alpha value is -2.69. The molecule has 156 valence electrons. The first-order chi connectivity index (χ1) is 14.8. The van der Waals surface area contributed by atoms with Gasteiger partial charge in [0.2, 0.25) is 0 Å². The van der Waals surface area contributed by atoms with Crippen molar-refractivity contribution in [3.05, 3.63) is 105 Å². The molecule has 1 aliphatic rings. The zero-order valence-corrected chi connectivity index (χ0v) is 19.9. The van der Waals surface area contributed by atoms with Crippen LogP contribution in [0.3, 0.4) is 0 Å². The summed E-state index contributed by atoms with van der Waals surface area (Å²) in [5.74, 6) is -0.155. The molecule has 0 atom stereocenters. The Morgan fingerprint density at radius 3 is 2.48 bits per heavy atom.